The largest absolute Gasteiger partial charge is 0.493 e. The number of hydrogen-bond acceptors (Lipinski definition) is 7. The Hall–Kier alpha value is -3.26. The first-order valence-corrected chi connectivity index (χ1v) is 9.00. The molecule has 0 saturated heterocycles. The van der Waals surface area contributed by atoms with Crippen molar-refractivity contribution < 1.29 is 14.3 Å². The van der Waals surface area contributed by atoms with Gasteiger partial charge in [-0.25, -0.2) is 10.4 Å². The molecule has 2 aromatic heterocycles. The summed E-state index contributed by atoms with van der Waals surface area (Å²) in [5, 5.41) is 6.92. The van der Waals surface area contributed by atoms with Crippen molar-refractivity contribution >= 4 is 23.5 Å². The summed E-state index contributed by atoms with van der Waals surface area (Å²) in [6.45, 7) is 2.32. The fraction of sp³-hybridized carbons (Fsp3) is 0.158. The summed E-state index contributed by atoms with van der Waals surface area (Å²) in [6.07, 6.45) is 3.08. The Labute approximate surface area is 160 Å². The molecule has 8 heteroatoms. The van der Waals surface area contributed by atoms with Crippen molar-refractivity contribution in [3.63, 3.8) is 0 Å². The number of aromatic nitrogens is 2. The number of nitrogens with zero attached hydrogens (tertiary/aromatic N) is 3. The Kier molecular flexibility index (Phi) is 6.11. The number of ether oxygens (including phenoxy) is 2. The quantitative estimate of drug-likeness (QED) is 0.501. The van der Waals surface area contributed by atoms with Crippen LogP contribution >= 0.6 is 11.3 Å². The van der Waals surface area contributed by atoms with E-state index in [-0.39, 0.29) is 5.91 Å². The number of nitrogens with one attached hydrogen (secondary N) is 1. The number of carbonyl (C=O) groups is 1. The zero-order valence-electron chi connectivity index (χ0n) is 14.9. The maximum absolute atomic E-state index is 11.9. The first-order chi connectivity index (χ1) is 13.2. The van der Waals surface area contributed by atoms with Crippen LogP contribution in [0.2, 0.25) is 0 Å². The van der Waals surface area contributed by atoms with E-state index in [1.807, 2.05) is 18.4 Å². The van der Waals surface area contributed by atoms with Gasteiger partial charge in [-0.1, -0.05) is 6.07 Å². The van der Waals surface area contributed by atoms with Crippen molar-refractivity contribution in [1.29, 1.82) is 0 Å². The highest BCUT2D eigenvalue weighted by Crippen LogP contribution is 2.28. The number of hydrazone groups is 1. The van der Waals surface area contributed by atoms with E-state index in [2.05, 4.69) is 20.5 Å². The van der Waals surface area contributed by atoms with E-state index in [9.17, 15) is 4.79 Å². The van der Waals surface area contributed by atoms with Crippen molar-refractivity contribution in [3.05, 3.63) is 69.9 Å². The number of methoxy groups -OCH3 is 1. The van der Waals surface area contributed by atoms with Crippen molar-refractivity contribution in [2.75, 3.05) is 7.11 Å². The van der Waals surface area contributed by atoms with Crippen molar-refractivity contribution in [1.82, 2.24) is 15.4 Å². The normalized spacial score (nSPS) is 10.7. The maximum atomic E-state index is 11.9. The van der Waals surface area contributed by atoms with E-state index >= 15 is 0 Å². The fourth-order valence-corrected chi connectivity index (χ4v) is 2.83. The van der Waals surface area contributed by atoms with Gasteiger partial charge < -0.3 is 9.47 Å². The van der Waals surface area contributed by atoms with Gasteiger partial charge >= 0.3 is 0 Å². The molecule has 1 amide bonds. The van der Waals surface area contributed by atoms with Crippen molar-refractivity contribution in [3.8, 4) is 11.5 Å². The van der Waals surface area contributed by atoms with E-state index in [0.29, 0.717) is 23.8 Å². The van der Waals surface area contributed by atoms with Crippen LogP contribution in [-0.4, -0.2) is 29.2 Å². The minimum atomic E-state index is -0.377. The Morgan fingerprint density at radius 1 is 1.30 bits per heavy atom. The second-order valence-corrected chi connectivity index (χ2v) is 6.53. The molecule has 0 atom stereocenters. The van der Waals surface area contributed by atoms with E-state index in [4.69, 9.17) is 9.47 Å². The predicted molar refractivity (Wildman–Crippen MR) is 103 cm³/mol. The second-order valence-electron chi connectivity index (χ2n) is 5.47. The summed E-state index contributed by atoms with van der Waals surface area (Å²) in [7, 11) is 1.57. The molecule has 0 saturated carbocycles. The van der Waals surface area contributed by atoms with Gasteiger partial charge in [-0.05, 0) is 42.8 Å². The van der Waals surface area contributed by atoms with Gasteiger partial charge in [0.15, 0.2) is 11.5 Å². The lowest BCUT2D eigenvalue weighted by molar-refractivity contribution is 0.0950. The number of benzene rings is 1. The molecule has 3 rings (SSSR count). The maximum Gasteiger partial charge on any atom is 0.289 e. The highest BCUT2D eigenvalue weighted by atomic mass is 32.1. The first kappa shape index (κ1) is 18.5. The molecule has 0 spiro atoms. The zero-order valence-corrected chi connectivity index (χ0v) is 15.7. The molecule has 0 aliphatic heterocycles. The van der Waals surface area contributed by atoms with Gasteiger partial charge in [0.25, 0.3) is 5.91 Å². The number of hydrogen-bond donors (Lipinski definition) is 1. The average molecular weight is 382 g/mol. The van der Waals surface area contributed by atoms with Crippen molar-refractivity contribution in [2.24, 2.45) is 5.10 Å². The van der Waals surface area contributed by atoms with Crippen LogP contribution in [0.3, 0.4) is 0 Å². The topological polar surface area (TPSA) is 85.7 Å². The predicted octanol–water partition coefficient (Wildman–Crippen LogP) is 3.20. The standard InChI is InChI=1S/C19H18N4O3S/c1-13-22-15(12-27-13)11-26-17-7-6-14(9-18(17)25-2)10-21-23-19(24)16-5-3-4-8-20-16/h3-10,12H,11H2,1-2H3,(H,23,24)/b21-10-. The van der Waals surface area contributed by atoms with Gasteiger partial charge in [0.05, 0.1) is 24.0 Å². The zero-order chi connectivity index (χ0) is 19.1. The highest BCUT2D eigenvalue weighted by molar-refractivity contribution is 7.09. The molecule has 138 valence electrons. The van der Waals surface area contributed by atoms with Crippen LogP contribution in [0, 0.1) is 6.92 Å². The van der Waals surface area contributed by atoms with Crippen LogP contribution in [0.25, 0.3) is 0 Å². The van der Waals surface area contributed by atoms with Crippen LogP contribution in [0.4, 0.5) is 0 Å². The molecule has 27 heavy (non-hydrogen) atoms. The van der Waals surface area contributed by atoms with E-state index in [1.54, 1.807) is 55.0 Å². The Bertz CT molecular complexity index is 941. The smallest absolute Gasteiger partial charge is 0.289 e. The number of pyridine rings is 1. The lowest BCUT2D eigenvalue weighted by Crippen LogP contribution is -2.18. The fourth-order valence-electron chi connectivity index (χ4n) is 2.23. The lowest BCUT2D eigenvalue weighted by atomic mass is 10.2. The minimum absolute atomic E-state index is 0.299. The molecule has 0 radical (unpaired) electrons. The van der Waals surface area contributed by atoms with Crippen LogP contribution in [0.15, 0.2) is 53.1 Å². The van der Waals surface area contributed by atoms with Gasteiger partial charge in [0.2, 0.25) is 0 Å². The van der Waals surface area contributed by atoms with Gasteiger partial charge in [-0.2, -0.15) is 5.10 Å². The highest BCUT2D eigenvalue weighted by Gasteiger charge is 2.07. The summed E-state index contributed by atoms with van der Waals surface area (Å²) < 4.78 is 11.2. The van der Waals surface area contributed by atoms with Crippen LogP contribution in [0.5, 0.6) is 11.5 Å². The number of carbonyl (C=O) groups excluding carboxylic acids is 1. The van der Waals surface area contributed by atoms with Gasteiger partial charge in [0, 0.05) is 11.6 Å². The van der Waals surface area contributed by atoms with E-state index in [0.717, 1.165) is 16.3 Å². The van der Waals surface area contributed by atoms with Crippen LogP contribution in [0.1, 0.15) is 26.8 Å². The number of aryl methyl sites for hydroxylation is 1. The summed E-state index contributed by atoms with van der Waals surface area (Å²) in [5.74, 6) is 0.803. The Morgan fingerprint density at radius 2 is 2.19 bits per heavy atom. The lowest BCUT2D eigenvalue weighted by Gasteiger charge is -2.10. The molecule has 0 aliphatic carbocycles. The summed E-state index contributed by atoms with van der Waals surface area (Å²) in [5.41, 5.74) is 4.37. The molecular weight excluding hydrogens is 364 g/mol. The Morgan fingerprint density at radius 3 is 2.89 bits per heavy atom. The molecule has 7 nitrogen and oxygen atoms in total. The first-order valence-electron chi connectivity index (χ1n) is 8.12. The molecule has 1 aromatic carbocycles. The minimum Gasteiger partial charge on any atom is -0.493 e. The molecule has 1 N–H and O–H groups in total. The third-order valence-electron chi connectivity index (χ3n) is 3.51. The van der Waals surface area contributed by atoms with E-state index in [1.165, 1.54) is 6.21 Å². The summed E-state index contributed by atoms with van der Waals surface area (Å²) in [6, 6.07) is 10.5. The van der Waals surface area contributed by atoms with E-state index < -0.39 is 0 Å². The molecular formula is C19H18N4O3S. The molecule has 3 aromatic rings. The summed E-state index contributed by atoms with van der Waals surface area (Å²) >= 11 is 1.58. The van der Waals surface area contributed by atoms with Crippen LogP contribution < -0.4 is 14.9 Å². The molecule has 0 unspecified atom stereocenters. The number of thiazole rings is 1. The Balaban J connectivity index is 1.62. The van der Waals surface area contributed by atoms with Gasteiger partial charge in [-0.3, -0.25) is 9.78 Å². The third-order valence-corrected chi connectivity index (χ3v) is 4.33. The van der Waals surface area contributed by atoms with Crippen LogP contribution in [-0.2, 0) is 6.61 Å². The average Bonchev–Trinajstić information content (AvgIpc) is 3.12. The third kappa shape index (κ3) is 5.11. The van der Waals surface area contributed by atoms with Gasteiger partial charge in [0.1, 0.15) is 12.3 Å². The molecule has 0 fully saturated rings. The second kappa shape index (κ2) is 8.91. The molecule has 2 heterocycles. The monoisotopic (exact) mass is 382 g/mol. The summed E-state index contributed by atoms with van der Waals surface area (Å²) in [4.78, 5) is 20.2. The number of amides is 1. The molecule has 0 aliphatic rings. The molecule has 0 bridgehead atoms. The van der Waals surface area contributed by atoms with Gasteiger partial charge in [-0.15, -0.1) is 11.3 Å². The SMILES string of the molecule is COc1cc(/C=N\NC(=O)c2ccccn2)ccc1OCc1csc(C)n1. The van der Waals surface area contributed by atoms with Crippen molar-refractivity contribution in [2.45, 2.75) is 13.5 Å². The number of rotatable bonds is 7.